The number of halogens is 2. The summed E-state index contributed by atoms with van der Waals surface area (Å²) in [7, 11) is 0. The number of nitrogens with zero attached hydrogens (tertiary/aromatic N) is 3. The monoisotopic (exact) mass is 497 g/mol. The highest BCUT2D eigenvalue weighted by molar-refractivity contribution is 7.98. The Bertz CT molecular complexity index is 1310. The van der Waals surface area contributed by atoms with E-state index in [4.69, 9.17) is 4.74 Å². The van der Waals surface area contributed by atoms with Crippen LogP contribution in [0.4, 0.5) is 8.78 Å². The average molecular weight is 498 g/mol. The summed E-state index contributed by atoms with van der Waals surface area (Å²) < 4.78 is 35.2. The SMILES string of the molecule is O=CC1=CN2C(=C(O)C1)C(=O)N1CCOC[C@H]1N2[C@@H]1c2ccccc2SCc2c1ccc(F)c2F. The van der Waals surface area contributed by atoms with Gasteiger partial charge in [0.05, 0.1) is 19.3 Å². The van der Waals surface area contributed by atoms with Crippen molar-refractivity contribution in [1.29, 1.82) is 0 Å². The van der Waals surface area contributed by atoms with Crippen molar-refractivity contribution in [3.05, 3.63) is 88.0 Å². The van der Waals surface area contributed by atoms with Crippen LogP contribution in [-0.2, 0) is 20.1 Å². The Morgan fingerprint density at radius 3 is 2.80 bits per heavy atom. The summed E-state index contributed by atoms with van der Waals surface area (Å²) in [6.45, 7) is 0.821. The maximum atomic E-state index is 15.1. The lowest BCUT2D eigenvalue weighted by Gasteiger charge is -2.55. The van der Waals surface area contributed by atoms with Crippen LogP contribution in [0.2, 0.25) is 0 Å². The third kappa shape index (κ3) is 3.39. The van der Waals surface area contributed by atoms with Crippen LogP contribution < -0.4 is 0 Å². The Morgan fingerprint density at radius 2 is 1.97 bits per heavy atom. The number of allylic oxidation sites excluding steroid dienone is 1. The van der Waals surface area contributed by atoms with E-state index in [-0.39, 0.29) is 47.3 Å². The van der Waals surface area contributed by atoms with Crippen molar-refractivity contribution in [2.45, 2.75) is 29.3 Å². The molecule has 4 aliphatic heterocycles. The molecule has 7 nitrogen and oxygen atoms in total. The topological polar surface area (TPSA) is 73.3 Å². The summed E-state index contributed by atoms with van der Waals surface area (Å²) in [6, 6.07) is 9.63. The zero-order valence-corrected chi connectivity index (χ0v) is 19.3. The van der Waals surface area contributed by atoms with Gasteiger partial charge in [-0.1, -0.05) is 24.3 Å². The number of hydrazine groups is 1. The minimum Gasteiger partial charge on any atom is -0.510 e. The number of carbonyl (C=O) groups is 2. The number of aliphatic hydroxyl groups is 1. The van der Waals surface area contributed by atoms with E-state index in [1.807, 2.05) is 29.3 Å². The fourth-order valence-corrected chi connectivity index (χ4v) is 6.34. The Morgan fingerprint density at radius 1 is 1.14 bits per heavy atom. The van der Waals surface area contributed by atoms with Crippen molar-refractivity contribution < 1.29 is 28.2 Å². The van der Waals surface area contributed by atoms with Crippen LogP contribution in [0.3, 0.4) is 0 Å². The number of rotatable bonds is 2. The molecule has 35 heavy (non-hydrogen) atoms. The van der Waals surface area contributed by atoms with Crippen molar-refractivity contribution in [2.24, 2.45) is 0 Å². The van der Waals surface area contributed by atoms with Crippen molar-refractivity contribution in [1.82, 2.24) is 14.9 Å². The van der Waals surface area contributed by atoms with E-state index in [1.54, 1.807) is 11.0 Å². The van der Waals surface area contributed by atoms with Crippen LogP contribution in [0.5, 0.6) is 0 Å². The Balaban J connectivity index is 1.63. The summed E-state index contributed by atoms with van der Waals surface area (Å²) in [5.74, 6) is -2.18. The van der Waals surface area contributed by atoms with Crippen molar-refractivity contribution in [2.75, 3.05) is 19.8 Å². The quantitative estimate of drug-likeness (QED) is 0.636. The lowest BCUT2D eigenvalue weighted by atomic mass is 9.92. The number of carbonyl (C=O) groups excluding carboxylic acids is 2. The molecule has 6 rings (SSSR count). The molecular formula is C25H21F2N3O4S. The lowest BCUT2D eigenvalue weighted by Crippen LogP contribution is -2.67. The van der Waals surface area contributed by atoms with Crippen LogP contribution >= 0.6 is 11.8 Å². The van der Waals surface area contributed by atoms with Crippen LogP contribution in [0.25, 0.3) is 0 Å². The second kappa shape index (κ2) is 8.47. The summed E-state index contributed by atoms with van der Waals surface area (Å²) in [4.78, 5) is 27.7. The molecule has 2 aromatic rings. The van der Waals surface area contributed by atoms with Gasteiger partial charge in [0, 0.05) is 41.0 Å². The molecule has 180 valence electrons. The van der Waals surface area contributed by atoms with E-state index in [0.717, 1.165) is 16.5 Å². The fourth-order valence-electron chi connectivity index (χ4n) is 5.23. The van der Waals surface area contributed by atoms with Crippen molar-refractivity contribution in [3.63, 3.8) is 0 Å². The van der Waals surface area contributed by atoms with Gasteiger partial charge >= 0.3 is 0 Å². The van der Waals surface area contributed by atoms with Crippen molar-refractivity contribution in [3.8, 4) is 0 Å². The molecule has 0 unspecified atom stereocenters. The molecule has 2 aromatic carbocycles. The first-order valence-electron chi connectivity index (χ1n) is 11.2. The van der Waals surface area contributed by atoms with Gasteiger partial charge in [0.25, 0.3) is 5.91 Å². The summed E-state index contributed by atoms with van der Waals surface area (Å²) in [5.41, 5.74) is 1.96. The van der Waals surface area contributed by atoms with Gasteiger partial charge in [-0.25, -0.2) is 8.78 Å². The third-order valence-electron chi connectivity index (χ3n) is 6.81. The van der Waals surface area contributed by atoms with Gasteiger partial charge in [-0.3, -0.25) is 14.6 Å². The van der Waals surface area contributed by atoms with Crippen LogP contribution in [0.15, 0.2) is 64.5 Å². The maximum Gasteiger partial charge on any atom is 0.276 e. The molecule has 10 heteroatoms. The van der Waals surface area contributed by atoms with E-state index in [9.17, 15) is 19.1 Å². The number of hydrogen-bond acceptors (Lipinski definition) is 7. The number of morpholine rings is 1. The highest BCUT2D eigenvalue weighted by Gasteiger charge is 2.50. The van der Waals surface area contributed by atoms with E-state index >= 15 is 4.39 Å². The molecule has 2 atom stereocenters. The number of fused-ring (bicyclic) bond motifs is 4. The molecule has 4 heterocycles. The molecule has 0 bridgehead atoms. The molecule has 1 amide bonds. The van der Waals surface area contributed by atoms with E-state index in [2.05, 4.69) is 0 Å². The summed E-state index contributed by atoms with van der Waals surface area (Å²) in [5, 5.41) is 14.2. The molecule has 0 spiro atoms. The number of amides is 1. The van der Waals surface area contributed by atoms with E-state index in [0.29, 0.717) is 25.0 Å². The number of aldehydes is 1. The second-order valence-corrected chi connectivity index (χ2v) is 9.75. The third-order valence-corrected chi connectivity index (χ3v) is 7.93. The molecule has 0 saturated carbocycles. The standard InChI is InChI=1S/C25H21F2N3O4S/c26-18-6-5-15-17(22(18)27)13-35-20-4-2-1-3-16(20)23(15)30-21-12-34-8-7-28(21)25(33)24-19(32)9-14(11-31)10-29(24)30/h1-6,10-11,21,23,32H,7-9,12-13H2/t21-,23+/m1/s1. The predicted octanol–water partition coefficient (Wildman–Crippen LogP) is 3.63. The Hall–Kier alpha value is -3.21. The number of aliphatic hydroxyl groups excluding tert-OH is 1. The minimum absolute atomic E-state index is 0.0484. The summed E-state index contributed by atoms with van der Waals surface area (Å²) >= 11 is 1.41. The van der Waals surface area contributed by atoms with Crippen LogP contribution in [0, 0.1) is 11.6 Å². The number of hydrogen-bond donors (Lipinski definition) is 1. The van der Waals surface area contributed by atoms with Crippen LogP contribution in [-0.4, -0.2) is 58.1 Å². The highest BCUT2D eigenvalue weighted by Crippen LogP contribution is 2.47. The van der Waals surface area contributed by atoms with E-state index < -0.39 is 23.8 Å². The molecule has 2 saturated heterocycles. The first-order chi connectivity index (χ1) is 17.0. The Labute approximate surface area is 204 Å². The molecule has 0 aromatic heterocycles. The highest BCUT2D eigenvalue weighted by atomic mass is 32.2. The molecular weight excluding hydrogens is 476 g/mol. The fraction of sp³-hybridized carbons (Fsp3) is 0.280. The van der Waals surface area contributed by atoms with Gasteiger partial charge in [-0.2, -0.15) is 5.01 Å². The molecule has 0 aliphatic carbocycles. The van der Waals surface area contributed by atoms with E-state index in [1.165, 1.54) is 23.0 Å². The van der Waals surface area contributed by atoms with Gasteiger partial charge in [0.2, 0.25) is 0 Å². The smallest absolute Gasteiger partial charge is 0.276 e. The van der Waals surface area contributed by atoms with Gasteiger partial charge in [0.15, 0.2) is 17.3 Å². The first kappa shape index (κ1) is 22.3. The molecule has 1 N–H and O–H groups in total. The van der Waals surface area contributed by atoms with Crippen LogP contribution in [0.1, 0.15) is 29.2 Å². The molecule has 2 fully saturated rings. The number of benzene rings is 2. The van der Waals surface area contributed by atoms with Gasteiger partial charge in [0.1, 0.15) is 18.2 Å². The number of ether oxygens (including phenoxy) is 1. The lowest BCUT2D eigenvalue weighted by molar-refractivity contribution is -0.190. The molecule has 0 radical (unpaired) electrons. The zero-order valence-electron chi connectivity index (χ0n) is 18.5. The first-order valence-corrected chi connectivity index (χ1v) is 12.2. The maximum absolute atomic E-state index is 15.1. The Kier molecular flexibility index (Phi) is 5.39. The van der Waals surface area contributed by atoms with Gasteiger partial charge in [-0.15, -0.1) is 11.8 Å². The van der Waals surface area contributed by atoms with Gasteiger partial charge in [-0.05, 0) is 23.3 Å². The minimum atomic E-state index is -0.926. The average Bonchev–Trinajstić information content (AvgIpc) is 3.04. The van der Waals surface area contributed by atoms with Gasteiger partial charge < -0.3 is 14.7 Å². The summed E-state index contributed by atoms with van der Waals surface area (Å²) in [6.07, 6.45) is 1.51. The normalized spacial score (nSPS) is 24.2. The molecule has 4 aliphatic rings. The zero-order chi connectivity index (χ0) is 24.3. The predicted molar refractivity (Wildman–Crippen MR) is 123 cm³/mol. The van der Waals surface area contributed by atoms with Crippen molar-refractivity contribution >= 4 is 24.0 Å². The largest absolute Gasteiger partial charge is 0.510 e. The second-order valence-electron chi connectivity index (χ2n) is 8.73. The number of thioether (sulfide) groups is 1.